The normalized spacial score (nSPS) is 10.1. The van der Waals surface area contributed by atoms with E-state index in [2.05, 4.69) is 15.5 Å². The molecule has 0 saturated carbocycles. The maximum absolute atomic E-state index is 11.1. The molecule has 4 N–H and O–H groups in total. The number of nitrogen functional groups attached to an aromatic ring is 1. The molecule has 0 aliphatic heterocycles. The molecule has 0 radical (unpaired) electrons. The summed E-state index contributed by atoms with van der Waals surface area (Å²) < 4.78 is 0. The zero-order valence-electron chi connectivity index (χ0n) is 9.71. The Kier molecular flexibility index (Phi) is 3.09. The zero-order chi connectivity index (χ0) is 13.1. The van der Waals surface area contributed by atoms with E-state index < -0.39 is 5.97 Å². The van der Waals surface area contributed by atoms with Gasteiger partial charge < -0.3 is 16.2 Å². The first-order valence-corrected chi connectivity index (χ1v) is 5.26. The number of rotatable bonds is 3. The lowest BCUT2D eigenvalue weighted by atomic mass is 10.2. The summed E-state index contributed by atoms with van der Waals surface area (Å²) >= 11 is 0. The summed E-state index contributed by atoms with van der Waals surface area (Å²) in [4.78, 5) is 11.1. The van der Waals surface area contributed by atoms with Crippen LogP contribution in [0.2, 0.25) is 0 Å². The number of nitrogens with two attached hydrogens (primary N) is 1. The predicted molar refractivity (Wildman–Crippen MR) is 67.9 cm³/mol. The van der Waals surface area contributed by atoms with E-state index >= 15 is 0 Å². The highest BCUT2D eigenvalue weighted by Gasteiger charge is 2.13. The van der Waals surface area contributed by atoms with Gasteiger partial charge in [-0.3, -0.25) is 0 Å². The topological polar surface area (TPSA) is 101 Å². The minimum absolute atomic E-state index is 0.0102. The van der Waals surface area contributed by atoms with E-state index in [0.29, 0.717) is 0 Å². The third-order valence-corrected chi connectivity index (χ3v) is 2.32. The quantitative estimate of drug-likeness (QED) is 0.761. The fourth-order valence-electron chi connectivity index (χ4n) is 1.52. The number of aromatic carboxylic acids is 1. The van der Waals surface area contributed by atoms with Crippen LogP contribution in [0.1, 0.15) is 15.9 Å². The SMILES string of the molecule is Cc1cccc(Nc2nnc(N)cc2C(=O)O)c1. The van der Waals surface area contributed by atoms with E-state index in [-0.39, 0.29) is 17.2 Å². The van der Waals surface area contributed by atoms with Gasteiger partial charge in [0.25, 0.3) is 0 Å². The van der Waals surface area contributed by atoms with Crippen LogP contribution in [0, 0.1) is 6.92 Å². The van der Waals surface area contributed by atoms with Gasteiger partial charge in [0.15, 0.2) is 5.82 Å². The highest BCUT2D eigenvalue weighted by molar-refractivity contribution is 5.94. The lowest BCUT2D eigenvalue weighted by Gasteiger charge is -2.08. The van der Waals surface area contributed by atoms with E-state index in [1.807, 2.05) is 31.2 Å². The minimum Gasteiger partial charge on any atom is -0.478 e. The second-order valence-corrected chi connectivity index (χ2v) is 3.83. The van der Waals surface area contributed by atoms with Crippen molar-refractivity contribution in [3.8, 4) is 0 Å². The van der Waals surface area contributed by atoms with E-state index in [0.717, 1.165) is 11.3 Å². The summed E-state index contributed by atoms with van der Waals surface area (Å²) in [5.74, 6) is -0.865. The van der Waals surface area contributed by atoms with Gasteiger partial charge in [0.1, 0.15) is 11.4 Å². The predicted octanol–water partition coefficient (Wildman–Crippen LogP) is 1.81. The van der Waals surface area contributed by atoms with Crippen LogP contribution in [0.15, 0.2) is 30.3 Å². The van der Waals surface area contributed by atoms with Crippen molar-refractivity contribution < 1.29 is 9.90 Å². The molecule has 0 saturated heterocycles. The van der Waals surface area contributed by atoms with Gasteiger partial charge in [0, 0.05) is 11.8 Å². The van der Waals surface area contributed by atoms with E-state index in [4.69, 9.17) is 10.8 Å². The lowest BCUT2D eigenvalue weighted by molar-refractivity contribution is 0.0697. The van der Waals surface area contributed by atoms with Crippen molar-refractivity contribution in [3.05, 3.63) is 41.5 Å². The smallest absolute Gasteiger partial charge is 0.339 e. The van der Waals surface area contributed by atoms with Gasteiger partial charge in [-0.25, -0.2) is 4.79 Å². The number of nitrogens with one attached hydrogen (secondary N) is 1. The first kappa shape index (κ1) is 11.8. The van der Waals surface area contributed by atoms with Crippen molar-refractivity contribution in [2.75, 3.05) is 11.1 Å². The molecular weight excluding hydrogens is 232 g/mol. The average Bonchev–Trinajstić information content (AvgIpc) is 2.31. The first-order valence-electron chi connectivity index (χ1n) is 5.26. The number of carbonyl (C=O) groups is 1. The number of benzene rings is 1. The first-order chi connectivity index (χ1) is 8.56. The summed E-state index contributed by atoms with van der Waals surface area (Å²) in [6.45, 7) is 1.94. The fourth-order valence-corrected chi connectivity index (χ4v) is 1.52. The van der Waals surface area contributed by atoms with E-state index in [1.165, 1.54) is 6.07 Å². The molecule has 1 aromatic heterocycles. The van der Waals surface area contributed by atoms with Crippen LogP contribution in [-0.4, -0.2) is 21.3 Å². The Morgan fingerprint density at radius 3 is 2.78 bits per heavy atom. The molecule has 1 heterocycles. The van der Waals surface area contributed by atoms with Gasteiger partial charge in [-0.05, 0) is 24.6 Å². The Hall–Kier alpha value is -2.63. The Labute approximate surface area is 103 Å². The molecular formula is C12H12N4O2. The molecule has 6 nitrogen and oxygen atoms in total. The van der Waals surface area contributed by atoms with Gasteiger partial charge in [-0.1, -0.05) is 12.1 Å². The highest BCUT2D eigenvalue weighted by atomic mass is 16.4. The van der Waals surface area contributed by atoms with Crippen LogP contribution in [0.25, 0.3) is 0 Å². The van der Waals surface area contributed by atoms with Crippen LogP contribution in [0.5, 0.6) is 0 Å². The third-order valence-electron chi connectivity index (χ3n) is 2.32. The molecule has 0 atom stereocenters. The summed E-state index contributed by atoms with van der Waals surface area (Å²) in [6.07, 6.45) is 0. The van der Waals surface area contributed by atoms with Crippen LogP contribution < -0.4 is 11.1 Å². The van der Waals surface area contributed by atoms with Crippen LogP contribution in [0.4, 0.5) is 17.3 Å². The average molecular weight is 244 g/mol. The molecule has 0 aliphatic rings. The van der Waals surface area contributed by atoms with Gasteiger partial charge in [0.05, 0.1) is 0 Å². The van der Waals surface area contributed by atoms with E-state index in [1.54, 1.807) is 0 Å². The summed E-state index contributed by atoms with van der Waals surface area (Å²) in [6, 6.07) is 8.77. The van der Waals surface area contributed by atoms with Crippen molar-refractivity contribution in [2.24, 2.45) is 0 Å². The number of nitrogens with zero attached hydrogens (tertiary/aromatic N) is 2. The molecule has 18 heavy (non-hydrogen) atoms. The van der Waals surface area contributed by atoms with Gasteiger partial charge in [0.2, 0.25) is 0 Å². The van der Waals surface area contributed by atoms with Crippen LogP contribution >= 0.6 is 0 Å². The standard InChI is InChI=1S/C12H12N4O2/c1-7-3-2-4-8(5-7)14-11-9(12(17)18)6-10(13)15-16-11/h2-6H,1H3,(H2,13,15)(H,14,16)(H,17,18). The monoisotopic (exact) mass is 244 g/mol. The zero-order valence-corrected chi connectivity index (χ0v) is 9.71. The molecule has 1 aromatic carbocycles. The van der Waals surface area contributed by atoms with Gasteiger partial charge >= 0.3 is 5.97 Å². The van der Waals surface area contributed by atoms with Crippen molar-refractivity contribution in [3.63, 3.8) is 0 Å². The number of anilines is 3. The van der Waals surface area contributed by atoms with Crippen molar-refractivity contribution in [1.29, 1.82) is 0 Å². The Morgan fingerprint density at radius 1 is 1.33 bits per heavy atom. The van der Waals surface area contributed by atoms with Gasteiger partial charge in [-0.2, -0.15) is 0 Å². The van der Waals surface area contributed by atoms with E-state index in [9.17, 15) is 4.79 Å². The van der Waals surface area contributed by atoms with Crippen LogP contribution in [-0.2, 0) is 0 Å². The van der Waals surface area contributed by atoms with Crippen molar-refractivity contribution in [2.45, 2.75) is 6.92 Å². The Balaban J connectivity index is 2.37. The minimum atomic E-state index is -1.10. The fraction of sp³-hybridized carbons (Fsp3) is 0.0833. The maximum Gasteiger partial charge on any atom is 0.339 e. The van der Waals surface area contributed by atoms with Gasteiger partial charge in [-0.15, -0.1) is 10.2 Å². The number of hydrogen-bond acceptors (Lipinski definition) is 5. The number of carboxylic acids is 1. The number of aryl methyl sites for hydroxylation is 1. The highest BCUT2D eigenvalue weighted by Crippen LogP contribution is 2.19. The molecule has 2 rings (SSSR count). The second kappa shape index (κ2) is 4.70. The maximum atomic E-state index is 11.1. The lowest BCUT2D eigenvalue weighted by Crippen LogP contribution is -2.08. The molecule has 0 unspecified atom stereocenters. The molecule has 6 heteroatoms. The Bertz CT molecular complexity index is 598. The molecule has 0 fully saturated rings. The molecule has 0 spiro atoms. The summed E-state index contributed by atoms with van der Waals surface area (Å²) in [7, 11) is 0. The number of hydrogen-bond donors (Lipinski definition) is 3. The summed E-state index contributed by atoms with van der Waals surface area (Å²) in [5, 5.41) is 19.4. The number of aromatic nitrogens is 2. The number of carboxylic acid groups (broad SMARTS) is 1. The molecule has 0 amide bonds. The molecule has 92 valence electrons. The summed E-state index contributed by atoms with van der Waals surface area (Å²) in [5.41, 5.74) is 7.21. The molecule has 2 aromatic rings. The molecule has 0 aliphatic carbocycles. The van der Waals surface area contributed by atoms with Crippen molar-refractivity contribution in [1.82, 2.24) is 10.2 Å². The third kappa shape index (κ3) is 2.54. The van der Waals surface area contributed by atoms with Crippen molar-refractivity contribution >= 4 is 23.3 Å². The largest absolute Gasteiger partial charge is 0.478 e. The molecule has 0 bridgehead atoms. The second-order valence-electron chi connectivity index (χ2n) is 3.83. The van der Waals surface area contributed by atoms with Crippen LogP contribution in [0.3, 0.4) is 0 Å². The Morgan fingerprint density at radius 2 is 2.11 bits per heavy atom.